The fraction of sp³-hybridized carbons (Fsp3) is 0.842. The van der Waals surface area contributed by atoms with Gasteiger partial charge in [0.2, 0.25) is 6.29 Å². The average Bonchev–Trinajstić information content (AvgIpc) is 2.60. The number of carboxylic acids is 1. The number of amides is 1. The van der Waals surface area contributed by atoms with Gasteiger partial charge in [-0.2, -0.15) is 0 Å². The third kappa shape index (κ3) is 7.22. The zero-order chi connectivity index (χ0) is 20.2. The van der Waals surface area contributed by atoms with E-state index in [4.69, 9.17) is 9.47 Å². The lowest BCUT2D eigenvalue weighted by molar-refractivity contribution is -0.168. The van der Waals surface area contributed by atoms with E-state index < -0.39 is 29.7 Å². The van der Waals surface area contributed by atoms with Gasteiger partial charge in [0.1, 0.15) is 0 Å². The van der Waals surface area contributed by atoms with Crippen LogP contribution in [-0.4, -0.2) is 36.0 Å². The highest BCUT2D eigenvalue weighted by Crippen LogP contribution is 2.38. The van der Waals surface area contributed by atoms with Crippen molar-refractivity contribution in [1.82, 2.24) is 5.32 Å². The van der Waals surface area contributed by atoms with Gasteiger partial charge in [0.15, 0.2) is 0 Å². The molecule has 0 saturated carbocycles. The van der Waals surface area contributed by atoms with E-state index in [1.807, 2.05) is 27.7 Å². The van der Waals surface area contributed by atoms with Gasteiger partial charge >= 0.3 is 18.0 Å². The maximum atomic E-state index is 12.1. The van der Waals surface area contributed by atoms with Crippen LogP contribution in [0.1, 0.15) is 79.6 Å². The van der Waals surface area contributed by atoms with Crippen LogP contribution in [0.4, 0.5) is 4.79 Å². The summed E-state index contributed by atoms with van der Waals surface area (Å²) in [6.07, 6.45) is 2.21. The Morgan fingerprint density at radius 1 is 0.962 bits per heavy atom. The molecule has 0 saturated heterocycles. The second-order valence-electron chi connectivity index (χ2n) is 6.50. The van der Waals surface area contributed by atoms with Crippen molar-refractivity contribution in [3.05, 3.63) is 0 Å². The molecule has 0 rings (SSSR count). The maximum Gasteiger partial charge on any atom is 0.410 e. The molecular formula is C19H35NO6. The Balaban J connectivity index is 4.93. The molecule has 1 amide bonds. The van der Waals surface area contributed by atoms with Crippen LogP contribution in [-0.2, 0) is 19.1 Å². The second kappa shape index (κ2) is 12.5. The van der Waals surface area contributed by atoms with E-state index in [1.54, 1.807) is 6.92 Å². The fourth-order valence-corrected chi connectivity index (χ4v) is 3.20. The number of carbonyl (C=O) groups is 3. The topological polar surface area (TPSA) is 102 Å². The lowest BCUT2D eigenvalue weighted by Gasteiger charge is -2.36. The molecule has 2 unspecified atom stereocenters. The molecule has 0 aromatic carbocycles. The molecule has 7 heteroatoms. The quantitative estimate of drug-likeness (QED) is 0.372. The first-order chi connectivity index (χ1) is 12.3. The summed E-state index contributed by atoms with van der Waals surface area (Å²) in [5.41, 5.74) is -0.874. The molecule has 0 aliphatic carbocycles. The lowest BCUT2D eigenvalue weighted by atomic mass is 9.69. The fourth-order valence-electron chi connectivity index (χ4n) is 3.20. The van der Waals surface area contributed by atoms with Crippen LogP contribution in [0.15, 0.2) is 0 Å². The van der Waals surface area contributed by atoms with Gasteiger partial charge in [-0.15, -0.1) is 0 Å². The first kappa shape index (κ1) is 24.2. The highest BCUT2D eigenvalue weighted by molar-refractivity contribution is 5.75. The van der Waals surface area contributed by atoms with Gasteiger partial charge in [0, 0.05) is 19.4 Å². The van der Waals surface area contributed by atoms with E-state index in [2.05, 4.69) is 5.32 Å². The van der Waals surface area contributed by atoms with Gasteiger partial charge in [-0.1, -0.05) is 41.0 Å². The predicted molar refractivity (Wildman–Crippen MR) is 98.6 cm³/mol. The number of esters is 1. The predicted octanol–water partition coefficient (Wildman–Crippen LogP) is 4.10. The van der Waals surface area contributed by atoms with Crippen LogP contribution in [0, 0.1) is 11.3 Å². The van der Waals surface area contributed by atoms with Gasteiger partial charge < -0.3 is 19.9 Å². The summed E-state index contributed by atoms with van der Waals surface area (Å²) >= 11 is 0. The summed E-state index contributed by atoms with van der Waals surface area (Å²) in [4.78, 5) is 35.4. The maximum absolute atomic E-state index is 12.1. The summed E-state index contributed by atoms with van der Waals surface area (Å²) in [5, 5.41) is 12.4. The van der Waals surface area contributed by atoms with Crippen molar-refractivity contribution in [2.75, 3.05) is 6.54 Å². The summed E-state index contributed by atoms with van der Waals surface area (Å²) in [5.74, 6) is -1.46. The molecular weight excluding hydrogens is 338 g/mol. The van der Waals surface area contributed by atoms with Crippen LogP contribution in [0.25, 0.3) is 0 Å². The number of ether oxygens (including phenoxy) is 2. The van der Waals surface area contributed by atoms with Crippen molar-refractivity contribution in [2.24, 2.45) is 11.3 Å². The van der Waals surface area contributed by atoms with Crippen LogP contribution in [0.2, 0.25) is 0 Å². The molecule has 0 heterocycles. The largest absolute Gasteiger partial charge is 0.481 e. The Kier molecular flexibility index (Phi) is 11.7. The number of carbonyl (C=O) groups excluding carboxylic acids is 2. The molecule has 0 bridgehead atoms. The molecule has 26 heavy (non-hydrogen) atoms. The number of hydrogen-bond donors (Lipinski definition) is 2. The molecule has 152 valence electrons. The van der Waals surface area contributed by atoms with Gasteiger partial charge in [-0.3, -0.25) is 9.59 Å². The Labute approximate surface area is 156 Å². The number of carboxylic acid groups (broad SMARTS) is 1. The number of rotatable bonds is 13. The van der Waals surface area contributed by atoms with Crippen molar-refractivity contribution in [3.63, 3.8) is 0 Å². The minimum atomic E-state index is -0.918. The second-order valence-corrected chi connectivity index (χ2v) is 6.50. The molecule has 0 fully saturated rings. The van der Waals surface area contributed by atoms with E-state index in [1.165, 1.54) is 0 Å². The van der Waals surface area contributed by atoms with E-state index in [0.717, 1.165) is 6.42 Å². The van der Waals surface area contributed by atoms with Crippen LogP contribution in [0.5, 0.6) is 0 Å². The normalized spacial score (nSPS) is 13.6. The molecule has 0 aliphatic rings. The molecule has 0 aromatic rings. The SMILES string of the molecule is CCCC(OC(=O)CC)OC(=O)NCC(CCC)C(CC)(CC)C(=O)O. The van der Waals surface area contributed by atoms with Crippen molar-refractivity contribution >= 4 is 18.0 Å². The summed E-state index contributed by atoms with van der Waals surface area (Å²) < 4.78 is 10.3. The van der Waals surface area contributed by atoms with E-state index in [0.29, 0.717) is 32.1 Å². The summed E-state index contributed by atoms with van der Waals surface area (Å²) in [6.45, 7) is 9.49. The van der Waals surface area contributed by atoms with Crippen molar-refractivity contribution in [3.8, 4) is 0 Å². The average molecular weight is 373 g/mol. The Hall–Kier alpha value is -1.79. The van der Waals surface area contributed by atoms with Gasteiger partial charge in [0.05, 0.1) is 5.41 Å². The molecule has 0 aliphatic heterocycles. The minimum Gasteiger partial charge on any atom is -0.481 e. The Morgan fingerprint density at radius 2 is 1.54 bits per heavy atom. The zero-order valence-electron chi connectivity index (χ0n) is 16.8. The first-order valence-electron chi connectivity index (χ1n) is 9.68. The minimum absolute atomic E-state index is 0.199. The molecule has 0 radical (unpaired) electrons. The van der Waals surface area contributed by atoms with Crippen LogP contribution in [0.3, 0.4) is 0 Å². The Bertz CT molecular complexity index is 447. The van der Waals surface area contributed by atoms with E-state index in [-0.39, 0.29) is 18.9 Å². The Morgan fingerprint density at radius 3 is 1.96 bits per heavy atom. The number of aliphatic carboxylic acids is 1. The third-order valence-corrected chi connectivity index (χ3v) is 4.91. The lowest BCUT2D eigenvalue weighted by Crippen LogP contribution is -2.44. The van der Waals surface area contributed by atoms with Gasteiger partial charge in [-0.05, 0) is 31.6 Å². The molecule has 0 spiro atoms. The molecule has 2 atom stereocenters. The number of nitrogens with one attached hydrogen (secondary N) is 1. The molecule has 7 nitrogen and oxygen atoms in total. The van der Waals surface area contributed by atoms with Crippen LogP contribution < -0.4 is 5.32 Å². The first-order valence-corrected chi connectivity index (χ1v) is 9.68. The standard InChI is InChI=1S/C19H35NO6/c1-6-11-14(19(9-4,10-5)17(22)23)13-20-18(24)26-16(12-7-2)25-15(21)8-3/h14,16H,6-13H2,1-5H3,(H,20,24)(H,22,23). The summed E-state index contributed by atoms with van der Waals surface area (Å²) in [6, 6.07) is 0. The van der Waals surface area contributed by atoms with Crippen molar-refractivity contribution in [1.29, 1.82) is 0 Å². The monoisotopic (exact) mass is 373 g/mol. The van der Waals surface area contributed by atoms with Crippen LogP contribution >= 0.6 is 0 Å². The van der Waals surface area contributed by atoms with Crippen molar-refractivity contribution < 1.29 is 29.0 Å². The van der Waals surface area contributed by atoms with E-state index >= 15 is 0 Å². The third-order valence-electron chi connectivity index (χ3n) is 4.91. The number of alkyl carbamates (subject to hydrolysis) is 1. The van der Waals surface area contributed by atoms with Gasteiger partial charge in [0.25, 0.3) is 0 Å². The number of hydrogen-bond acceptors (Lipinski definition) is 5. The van der Waals surface area contributed by atoms with E-state index in [9.17, 15) is 19.5 Å². The zero-order valence-corrected chi connectivity index (χ0v) is 16.8. The van der Waals surface area contributed by atoms with Crippen molar-refractivity contribution in [2.45, 2.75) is 85.9 Å². The highest BCUT2D eigenvalue weighted by atomic mass is 16.7. The van der Waals surface area contributed by atoms with Gasteiger partial charge in [-0.25, -0.2) is 4.79 Å². The molecule has 0 aromatic heterocycles. The highest BCUT2D eigenvalue weighted by Gasteiger charge is 2.42. The smallest absolute Gasteiger partial charge is 0.410 e. The summed E-state index contributed by atoms with van der Waals surface area (Å²) in [7, 11) is 0. The molecule has 2 N–H and O–H groups in total.